The Kier molecular flexibility index (Phi) is 3.28. The van der Waals surface area contributed by atoms with Crippen LogP contribution in [-0.4, -0.2) is 30.3 Å². The molecule has 5 heteroatoms. The number of carbonyl (C=O) groups is 1. The average Bonchev–Trinajstić information content (AvgIpc) is 2.26. The van der Waals surface area contributed by atoms with Crippen LogP contribution in [0.25, 0.3) is 0 Å². The first-order valence-electron chi connectivity index (χ1n) is 5.42. The molecule has 1 aliphatic rings. The van der Waals surface area contributed by atoms with E-state index in [-0.39, 0.29) is 17.7 Å². The first-order valence-corrected chi connectivity index (χ1v) is 5.42. The highest BCUT2D eigenvalue weighted by molar-refractivity contribution is 5.94. The summed E-state index contributed by atoms with van der Waals surface area (Å²) in [7, 11) is 1.43. The summed E-state index contributed by atoms with van der Waals surface area (Å²) in [6.07, 6.45) is 0.716. The molecule has 1 aromatic rings. The third kappa shape index (κ3) is 2.55. The maximum atomic E-state index is 13.5. The van der Waals surface area contributed by atoms with Crippen LogP contribution in [0.3, 0.4) is 0 Å². The van der Waals surface area contributed by atoms with E-state index in [1.807, 2.05) is 0 Å². The van der Waals surface area contributed by atoms with Crippen LogP contribution in [0.15, 0.2) is 18.2 Å². The first kappa shape index (κ1) is 11.9. The molecule has 4 nitrogen and oxygen atoms in total. The maximum absolute atomic E-state index is 13.5. The van der Waals surface area contributed by atoms with Gasteiger partial charge in [0.1, 0.15) is 11.6 Å². The van der Waals surface area contributed by atoms with Crippen molar-refractivity contribution in [2.75, 3.05) is 7.11 Å². The van der Waals surface area contributed by atoms with E-state index >= 15 is 0 Å². The zero-order chi connectivity index (χ0) is 12.4. The van der Waals surface area contributed by atoms with Gasteiger partial charge in [-0.05, 0) is 25.0 Å². The van der Waals surface area contributed by atoms with E-state index < -0.39 is 11.7 Å². The Hall–Kier alpha value is -1.62. The lowest BCUT2D eigenvalue weighted by Gasteiger charge is -2.31. The number of hydrogen-bond acceptors (Lipinski definition) is 3. The minimum absolute atomic E-state index is 0.00723. The molecule has 0 saturated heterocycles. The Morgan fingerprint density at radius 2 is 2.24 bits per heavy atom. The van der Waals surface area contributed by atoms with Crippen molar-refractivity contribution in [3.63, 3.8) is 0 Å². The SMILES string of the molecule is COc1ccc(C(=O)NC2CC(O)C2)c(F)c1. The molecule has 2 N–H and O–H groups in total. The van der Waals surface area contributed by atoms with Crippen molar-refractivity contribution in [1.29, 1.82) is 0 Å². The Morgan fingerprint density at radius 3 is 2.76 bits per heavy atom. The minimum atomic E-state index is -0.610. The van der Waals surface area contributed by atoms with E-state index in [2.05, 4.69) is 5.32 Å². The van der Waals surface area contributed by atoms with E-state index in [9.17, 15) is 9.18 Å². The highest BCUT2D eigenvalue weighted by atomic mass is 19.1. The smallest absolute Gasteiger partial charge is 0.254 e. The lowest BCUT2D eigenvalue weighted by atomic mass is 9.89. The minimum Gasteiger partial charge on any atom is -0.497 e. The number of nitrogens with one attached hydrogen (secondary N) is 1. The first-order chi connectivity index (χ1) is 8.10. The van der Waals surface area contributed by atoms with Gasteiger partial charge in [-0.25, -0.2) is 4.39 Å². The number of rotatable bonds is 3. The Bertz CT molecular complexity index is 430. The maximum Gasteiger partial charge on any atom is 0.254 e. The summed E-state index contributed by atoms with van der Waals surface area (Å²) in [5.41, 5.74) is -0.00723. The van der Waals surface area contributed by atoms with Gasteiger partial charge in [0.15, 0.2) is 0 Å². The molecular weight excluding hydrogens is 225 g/mol. The number of aliphatic hydroxyl groups is 1. The molecule has 1 amide bonds. The molecule has 0 radical (unpaired) electrons. The highest BCUT2D eigenvalue weighted by Gasteiger charge is 2.29. The van der Waals surface area contributed by atoms with E-state index in [0.717, 1.165) is 0 Å². The van der Waals surface area contributed by atoms with E-state index in [4.69, 9.17) is 9.84 Å². The molecule has 2 rings (SSSR count). The topological polar surface area (TPSA) is 58.6 Å². The predicted octanol–water partition coefficient (Wildman–Crippen LogP) is 1.09. The van der Waals surface area contributed by atoms with Gasteiger partial charge in [0.05, 0.1) is 18.8 Å². The number of aliphatic hydroxyl groups excluding tert-OH is 1. The summed E-state index contributed by atoms with van der Waals surface area (Å²) in [5, 5.41) is 11.7. The summed E-state index contributed by atoms with van der Waals surface area (Å²) in [6, 6.07) is 4.04. The highest BCUT2D eigenvalue weighted by Crippen LogP contribution is 2.21. The monoisotopic (exact) mass is 239 g/mol. The lowest BCUT2D eigenvalue weighted by Crippen LogP contribution is -2.46. The second-order valence-corrected chi connectivity index (χ2v) is 4.14. The van der Waals surface area contributed by atoms with Gasteiger partial charge in [0.25, 0.3) is 5.91 Å². The number of benzene rings is 1. The largest absolute Gasteiger partial charge is 0.497 e. The lowest BCUT2D eigenvalue weighted by molar-refractivity contribution is 0.0561. The molecule has 0 atom stereocenters. The van der Waals surface area contributed by atoms with Crippen LogP contribution < -0.4 is 10.1 Å². The fourth-order valence-electron chi connectivity index (χ4n) is 1.78. The van der Waals surface area contributed by atoms with Crippen LogP contribution in [0, 0.1) is 5.82 Å². The van der Waals surface area contributed by atoms with Crippen molar-refractivity contribution >= 4 is 5.91 Å². The fourth-order valence-corrected chi connectivity index (χ4v) is 1.78. The van der Waals surface area contributed by atoms with Crippen LogP contribution in [-0.2, 0) is 0 Å². The molecule has 0 heterocycles. The van der Waals surface area contributed by atoms with E-state index in [1.165, 1.54) is 25.3 Å². The van der Waals surface area contributed by atoms with Crippen LogP contribution in [0.1, 0.15) is 23.2 Å². The number of ether oxygens (including phenoxy) is 1. The summed E-state index contributed by atoms with van der Waals surface area (Å²) >= 11 is 0. The van der Waals surface area contributed by atoms with Crippen molar-refractivity contribution in [2.45, 2.75) is 25.0 Å². The number of methoxy groups -OCH3 is 1. The Morgan fingerprint density at radius 1 is 1.53 bits per heavy atom. The second-order valence-electron chi connectivity index (χ2n) is 4.14. The second kappa shape index (κ2) is 4.71. The zero-order valence-electron chi connectivity index (χ0n) is 9.44. The van der Waals surface area contributed by atoms with Crippen LogP contribution in [0.2, 0.25) is 0 Å². The normalized spacial score (nSPS) is 22.8. The summed E-state index contributed by atoms with van der Waals surface area (Å²) in [4.78, 5) is 11.7. The van der Waals surface area contributed by atoms with Gasteiger partial charge in [0, 0.05) is 12.1 Å². The van der Waals surface area contributed by atoms with Crippen molar-refractivity contribution < 1.29 is 19.0 Å². The van der Waals surface area contributed by atoms with Crippen molar-refractivity contribution in [2.24, 2.45) is 0 Å². The van der Waals surface area contributed by atoms with Crippen molar-refractivity contribution in [3.8, 4) is 5.75 Å². The quantitative estimate of drug-likeness (QED) is 0.830. The van der Waals surface area contributed by atoms with Crippen LogP contribution in [0.5, 0.6) is 5.75 Å². The third-order valence-electron chi connectivity index (χ3n) is 2.87. The van der Waals surface area contributed by atoms with Gasteiger partial charge >= 0.3 is 0 Å². The molecule has 1 saturated carbocycles. The van der Waals surface area contributed by atoms with Gasteiger partial charge in [-0.2, -0.15) is 0 Å². The predicted molar refractivity (Wildman–Crippen MR) is 59.4 cm³/mol. The number of hydrogen-bond donors (Lipinski definition) is 2. The molecule has 0 aromatic heterocycles. The third-order valence-corrected chi connectivity index (χ3v) is 2.87. The molecule has 0 aliphatic heterocycles. The van der Waals surface area contributed by atoms with Gasteiger partial charge in [-0.3, -0.25) is 4.79 Å². The van der Waals surface area contributed by atoms with Gasteiger partial charge < -0.3 is 15.2 Å². The molecule has 0 unspecified atom stereocenters. The van der Waals surface area contributed by atoms with Crippen LogP contribution >= 0.6 is 0 Å². The van der Waals surface area contributed by atoms with Crippen LogP contribution in [0.4, 0.5) is 4.39 Å². The zero-order valence-corrected chi connectivity index (χ0v) is 9.44. The average molecular weight is 239 g/mol. The molecule has 1 aliphatic carbocycles. The summed E-state index contributed by atoms with van der Waals surface area (Å²) in [5.74, 6) is -0.693. The molecule has 1 aromatic carbocycles. The molecule has 17 heavy (non-hydrogen) atoms. The molecular formula is C12H14FNO3. The van der Waals surface area contributed by atoms with Gasteiger partial charge in [0.2, 0.25) is 0 Å². The Balaban J connectivity index is 2.03. The number of carbonyl (C=O) groups excluding carboxylic acids is 1. The standard InChI is InChI=1S/C12H14FNO3/c1-17-9-2-3-10(11(13)6-9)12(16)14-7-4-8(15)5-7/h2-3,6-8,15H,4-5H2,1H3,(H,14,16). The van der Waals surface area contributed by atoms with Gasteiger partial charge in [-0.1, -0.05) is 0 Å². The van der Waals surface area contributed by atoms with Crippen molar-refractivity contribution in [1.82, 2.24) is 5.32 Å². The molecule has 0 spiro atoms. The molecule has 0 bridgehead atoms. The molecule has 1 fully saturated rings. The van der Waals surface area contributed by atoms with E-state index in [0.29, 0.717) is 18.6 Å². The van der Waals surface area contributed by atoms with Crippen molar-refractivity contribution in [3.05, 3.63) is 29.6 Å². The van der Waals surface area contributed by atoms with E-state index in [1.54, 1.807) is 0 Å². The number of amides is 1. The van der Waals surface area contributed by atoms with Gasteiger partial charge in [-0.15, -0.1) is 0 Å². The number of halogens is 1. The summed E-state index contributed by atoms with van der Waals surface area (Å²) in [6.45, 7) is 0. The Labute approximate surface area is 98.4 Å². The summed E-state index contributed by atoms with van der Waals surface area (Å²) < 4.78 is 18.4. The fraction of sp³-hybridized carbons (Fsp3) is 0.417. The molecule has 92 valence electrons.